The highest BCUT2D eigenvalue weighted by Crippen LogP contribution is 2.24. The predicted molar refractivity (Wildman–Crippen MR) is 165 cm³/mol. The van der Waals surface area contributed by atoms with Crippen LogP contribution in [0.2, 0.25) is 0 Å². The van der Waals surface area contributed by atoms with Crippen LogP contribution in [-0.4, -0.2) is 35.2 Å². The molecule has 0 amide bonds. The number of aromatic nitrogens is 7. The normalized spacial score (nSPS) is 10.6. The molecule has 0 spiro atoms. The van der Waals surface area contributed by atoms with Crippen molar-refractivity contribution < 1.29 is 4.42 Å². The van der Waals surface area contributed by atoms with Gasteiger partial charge in [-0.3, -0.25) is 4.98 Å². The van der Waals surface area contributed by atoms with Crippen molar-refractivity contribution in [3.8, 4) is 0 Å². The van der Waals surface area contributed by atoms with E-state index in [1.165, 1.54) is 4.80 Å². The summed E-state index contributed by atoms with van der Waals surface area (Å²) < 4.78 is 4.99. The zero-order valence-corrected chi connectivity index (χ0v) is 24.0. The number of nitrogens with zero attached hydrogens (tertiary/aromatic N) is 6. The van der Waals surface area contributed by atoms with E-state index in [9.17, 15) is 4.79 Å². The third-order valence-corrected chi connectivity index (χ3v) is 4.70. The van der Waals surface area contributed by atoms with Gasteiger partial charge in [-0.1, -0.05) is 105 Å². The Morgan fingerprint density at radius 2 is 1.31 bits per heavy atom. The van der Waals surface area contributed by atoms with E-state index in [0.717, 1.165) is 22.7 Å². The first-order valence-corrected chi connectivity index (χ1v) is 12.2. The van der Waals surface area contributed by atoms with E-state index in [-0.39, 0.29) is 38.5 Å². The fourth-order valence-corrected chi connectivity index (χ4v) is 2.68. The lowest BCUT2D eigenvalue weighted by molar-refractivity contribution is 0.538. The molecule has 4 aromatic rings. The molecule has 4 rings (SSSR count). The molecule has 0 unspecified atom stereocenters. The highest BCUT2D eigenvalue weighted by Gasteiger charge is 2.19. The lowest BCUT2D eigenvalue weighted by Crippen LogP contribution is -2.14. The SMILES string of the molecule is C.C.C.CC.CC(C)(C)c1ccc2[nH]c(=O)oc2c1.CC(C)(C)c1ncccn1.Cn1nnc(C(C)(C)C)n1. The molecule has 0 saturated heterocycles. The number of H-pyrrole nitrogens is 1. The van der Waals surface area contributed by atoms with Crippen LogP contribution in [0.4, 0.5) is 0 Å². The van der Waals surface area contributed by atoms with Crippen LogP contribution in [-0.2, 0) is 23.3 Å². The minimum atomic E-state index is -0.397. The number of hydrogen-bond acceptors (Lipinski definition) is 7. The van der Waals surface area contributed by atoms with Crippen molar-refractivity contribution in [1.82, 2.24) is 35.2 Å². The average Bonchev–Trinajstić information content (AvgIpc) is 3.39. The minimum Gasteiger partial charge on any atom is -0.408 e. The molecule has 3 heterocycles. The molecule has 1 N–H and O–H groups in total. The van der Waals surface area contributed by atoms with E-state index in [4.69, 9.17) is 4.42 Å². The maximum absolute atomic E-state index is 10.9. The van der Waals surface area contributed by atoms with Crippen molar-refractivity contribution in [3.05, 3.63) is 64.4 Å². The number of hydrogen-bond donors (Lipinski definition) is 1. The van der Waals surface area contributed by atoms with Gasteiger partial charge >= 0.3 is 5.76 Å². The van der Waals surface area contributed by atoms with Gasteiger partial charge in [0.1, 0.15) is 5.82 Å². The van der Waals surface area contributed by atoms with Gasteiger partial charge in [0, 0.05) is 23.2 Å². The van der Waals surface area contributed by atoms with E-state index >= 15 is 0 Å². The molecular weight excluding hydrogens is 490 g/mol. The van der Waals surface area contributed by atoms with Crippen LogP contribution < -0.4 is 5.76 Å². The number of tetrazole rings is 1. The Bertz CT molecular complexity index is 1240. The predicted octanol–water partition coefficient (Wildman–Crippen LogP) is 7.63. The third kappa shape index (κ3) is 13.3. The molecule has 0 saturated carbocycles. The van der Waals surface area contributed by atoms with Crippen molar-refractivity contribution in [3.63, 3.8) is 0 Å². The van der Waals surface area contributed by atoms with Gasteiger partial charge in [0.05, 0.1) is 12.6 Å². The zero-order chi connectivity index (χ0) is 27.7. The van der Waals surface area contributed by atoms with Crippen LogP contribution in [0.1, 0.15) is 116 Å². The maximum Gasteiger partial charge on any atom is 0.417 e. The summed E-state index contributed by atoms with van der Waals surface area (Å²) in [4.78, 5) is 23.3. The second kappa shape index (κ2) is 16.6. The maximum atomic E-state index is 10.9. The van der Waals surface area contributed by atoms with Crippen molar-refractivity contribution in [1.29, 1.82) is 0 Å². The van der Waals surface area contributed by atoms with Gasteiger partial charge in [0.25, 0.3) is 0 Å². The summed E-state index contributed by atoms with van der Waals surface area (Å²) in [6.07, 6.45) is 3.54. The van der Waals surface area contributed by atoms with E-state index < -0.39 is 5.76 Å². The minimum absolute atomic E-state index is 0. The van der Waals surface area contributed by atoms with Crippen molar-refractivity contribution in [2.45, 2.75) is 115 Å². The zero-order valence-electron chi connectivity index (χ0n) is 24.0. The summed E-state index contributed by atoms with van der Waals surface area (Å²) in [7, 11) is 1.77. The molecule has 0 aliphatic rings. The Morgan fingerprint density at radius 3 is 1.67 bits per heavy atom. The van der Waals surface area contributed by atoms with E-state index in [2.05, 4.69) is 92.7 Å². The number of oxazole rings is 1. The second-order valence-corrected chi connectivity index (χ2v) is 11.2. The van der Waals surface area contributed by atoms with Gasteiger partial charge in [-0.15, -0.1) is 10.2 Å². The van der Waals surface area contributed by atoms with Gasteiger partial charge in [-0.2, -0.15) is 4.80 Å². The first-order valence-electron chi connectivity index (χ1n) is 12.2. The monoisotopic (exact) mass is 545 g/mol. The van der Waals surface area contributed by atoms with Gasteiger partial charge in [0.15, 0.2) is 11.4 Å². The Balaban J connectivity index is -0.000000474. The molecule has 0 atom stereocenters. The molecule has 3 aromatic heterocycles. The molecule has 0 aliphatic heterocycles. The molecule has 0 bridgehead atoms. The van der Waals surface area contributed by atoms with E-state index in [0.29, 0.717) is 5.58 Å². The van der Waals surface area contributed by atoms with Gasteiger partial charge in [0.2, 0.25) is 0 Å². The third-order valence-electron chi connectivity index (χ3n) is 4.70. The van der Waals surface area contributed by atoms with Crippen LogP contribution in [0.3, 0.4) is 0 Å². The summed E-state index contributed by atoms with van der Waals surface area (Å²) in [5.41, 5.74) is 2.69. The van der Waals surface area contributed by atoms with Gasteiger partial charge in [-0.05, 0) is 34.4 Å². The van der Waals surface area contributed by atoms with Crippen LogP contribution in [0.25, 0.3) is 11.1 Å². The number of rotatable bonds is 0. The Kier molecular flexibility index (Phi) is 17.1. The standard InChI is InChI=1S/C11H13NO2.C8H12N2.C6H12N4.C2H6.3CH4/c1-11(2,3)7-4-5-8-9(6-7)14-10(13)12-8;1-8(2,3)7-9-5-4-6-10-7;1-6(2,3)5-7-9-10(4)8-5;1-2;;;/h4-6H,1-3H3,(H,12,13);4-6H,1-3H3;1-4H3;1-2H3;3*1H4. The lowest BCUT2D eigenvalue weighted by Gasteiger charge is -2.18. The number of nitrogens with one attached hydrogen (secondary N) is 1. The largest absolute Gasteiger partial charge is 0.417 e. The van der Waals surface area contributed by atoms with Crippen LogP contribution in [0.5, 0.6) is 0 Å². The number of fused-ring (bicyclic) bond motifs is 1. The van der Waals surface area contributed by atoms with Crippen molar-refractivity contribution in [2.75, 3.05) is 0 Å². The van der Waals surface area contributed by atoms with Crippen LogP contribution in [0, 0.1) is 0 Å². The fraction of sp³-hybridized carbons (Fsp3) is 0.600. The molecule has 0 radical (unpaired) electrons. The summed E-state index contributed by atoms with van der Waals surface area (Å²) in [5.74, 6) is 1.29. The van der Waals surface area contributed by atoms with E-state index in [1.54, 1.807) is 19.4 Å². The first-order chi connectivity index (χ1) is 16.6. The topological polar surface area (TPSA) is 115 Å². The first kappa shape index (κ1) is 40.1. The molecule has 9 nitrogen and oxygen atoms in total. The highest BCUT2D eigenvalue weighted by molar-refractivity contribution is 5.73. The van der Waals surface area contributed by atoms with Gasteiger partial charge < -0.3 is 4.42 Å². The van der Waals surface area contributed by atoms with Gasteiger partial charge in [-0.25, -0.2) is 14.8 Å². The molecule has 0 fully saturated rings. The summed E-state index contributed by atoms with van der Waals surface area (Å²) in [6, 6.07) is 7.62. The number of aryl methyl sites for hydroxylation is 1. The molecule has 0 aliphatic carbocycles. The Morgan fingerprint density at radius 1 is 0.795 bits per heavy atom. The van der Waals surface area contributed by atoms with E-state index in [1.807, 2.05) is 38.1 Å². The fourth-order valence-electron chi connectivity index (χ4n) is 2.68. The van der Waals surface area contributed by atoms with Crippen molar-refractivity contribution >= 4 is 11.1 Å². The van der Waals surface area contributed by atoms with Crippen LogP contribution >= 0.6 is 0 Å². The molecule has 9 heteroatoms. The number of benzene rings is 1. The Labute approximate surface area is 236 Å². The average molecular weight is 546 g/mol. The Hall–Kier alpha value is -3.36. The summed E-state index contributed by atoms with van der Waals surface area (Å²) in [5, 5.41) is 11.7. The molecule has 1 aromatic carbocycles. The number of aromatic amines is 1. The summed E-state index contributed by atoms with van der Waals surface area (Å²) >= 11 is 0. The van der Waals surface area contributed by atoms with Crippen molar-refractivity contribution in [2.24, 2.45) is 7.05 Å². The summed E-state index contributed by atoms with van der Waals surface area (Å²) in [6.45, 7) is 22.8. The highest BCUT2D eigenvalue weighted by atomic mass is 16.4. The van der Waals surface area contributed by atoms with Crippen LogP contribution in [0.15, 0.2) is 45.9 Å². The quantitative estimate of drug-likeness (QED) is 0.241. The molecular formula is C30H55N7O2. The lowest BCUT2D eigenvalue weighted by atomic mass is 9.87. The second-order valence-electron chi connectivity index (χ2n) is 11.2. The molecule has 39 heavy (non-hydrogen) atoms. The smallest absolute Gasteiger partial charge is 0.408 e. The molecule has 222 valence electrons.